The molecule has 0 aromatic carbocycles. The zero-order valence-corrected chi connectivity index (χ0v) is 14.6. The highest BCUT2D eigenvalue weighted by Crippen LogP contribution is 2.24. The van der Waals surface area contributed by atoms with Crippen LogP contribution in [0.2, 0.25) is 0 Å². The number of nitrogens with zero attached hydrogens (tertiary/aromatic N) is 2. The van der Waals surface area contributed by atoms with Crippen LogP contribution in [0.3, 0.4) is 0 Å². The van der Waals surface area contributed by atoms with E-state index >= 15 is 0 Å². The van der Waals surface area contributed by atoms with Crippen LogP contribution >= 0.6 is 35.7 Å². The van der Waals surface area contributed by atoms with Crippen LogP contribution in [0.5, 0.6) is 0 Å². The third kappa shape index (κ3) is 4.95. The van der Waals surface area contributed by atoms with Crippen molar-refractivity contribution in [2.24, 2.45) is 10.7 Å². The molecule has 112 valence electrons. The lowest BCUT2D eigenvalue weighted by Gasteiger charge is -2.35. The fourth-order valence-corrected chi connectivity index (χ4v) is 3.19. The zero-order chi connectivity index (χ0) is 12.8. The van der Waals surface area contributed by atoms with Gasteiger partial charge in [-0.25, -0.2) is 0 Å². The van der Waals surface area contributed by atoms with Crippen LogP contribution in [-0.4, -0.2) is 67.9 Å². The standard InChI is InChI=1S/C12H23N3O2S.HI/c1-16-12(2-6-17-7-3-12)10-14-11(13)15-4-8-18-9-5-15;/h2-10H2,1H3,(H2,13,14);1H. The predicted molar refractivity (Wildman–Crippen MR) is 90.6 cm³/mol. The van der Waals surface area contributed by atoms with Crippen molar-refractivity contribution < 1.29 is 9.47 Å². The molecule has 0 radical (unpaired) electrons. The molecule has 2 heterocycles. The number of hydrogen-bond donors (Lipinski definition) is 1. The van der Waals surface area contributed by atoms with E-state index in [1.165, 1.54) is 0 Å². The summed E-state index contributed by atoms with van der Waals surface area (Å²) in [5.41, 5.74) is 5.89. The van der Waals surface area contributed by atoms with Crippen LogP contribution in [0.15, 0.2) is 4.99 Å². The van der Waals surface area contributed by atoms with E-state index in [-0.39, 0.29) is 29.6 Å². The van der Waals surface area contributed by atoms with Crippen LogP contribution in [0.4, 0.5) is 0 Å². The average Bonchev–Trinajstić information content (AvgIpc) is 2.47. The lowest BCUT2D eigenvalue weighted by Crippen LogP contribution is -2.45. The minimum Gasteiger partial charge on any atom is -0.381 e. The zero-order valence-electron chi connectivity index (χ0n) is 11.5. The van der Waals surface area contributed by atoms with Gasteiger partial charge in [0.15, 0.2) is 5.96 Å². The normalized spacial score (nSPS) is 23.8. The van der Waals surface area contributed by atoms with Gasteiger partial charge in [-0.2, -0.15) is 11.8 Å². The van der Waals surface area contributed by atoms with Gasteiger partial charge in [0.1, 0.15) is 0 Å². The summed E-state index contributed by atoms with van der Waals surface area (Å²) in [5.74, 6) is 2.94. The maximum absolute atomic E-state index is 6.06. The minimum absolute atomic E-state index is 0. The Hall–Kier alpha value is 0.270. The lowest BCUT2D eigenvalue weighted by molar-refractivity contribution is -0.0829. The molecular weight excluding hydrogens is 377 g/mol. The molecule has 5 nitrogen and oxygen atoms in total. The fraction of sp³-hybridized carbons (Fsp3) is 0.917. The van der Waals surface area contributed by atoms with Crippen LogP contribution in [-0.2, 0) is 9.47 Å². The third-order valence-electron chi connectivity index (χ3n) is 3.70. The van der Waals surface area contributed by atoms with Gasteiger partial charge in [0.25, 0.3) is 0 Å². The molecule has 7 heteroatoms. The maximum Gasteiger partial charge on any atom is 0.191 e. The highest BCUT2D eigenvalue weighted by Gasteiger charge is 2.32. The molecule has 0 aromatic rings. The summed E-state index contributed by atoms with van der Waals surface area (Å²) in [4.78, 5) is 6.71. The van der Waals surface area contributed by atoms with Crippen molar-refractivity contribution in [2.45, 2.75) is 18.4 Å². The second kappa shape index (κ2) is 8.53. The molecule has 19 heavy (non-hydrogen) atoms. The molecule has 0 amide bonds. The molecule has 0 atom stereocenters. The Morgan fingerprint density at radius 1 is 1.37 bits per heavy atom. The smallest absolute Gasteiger partial charge is 0.191 e. The number of aliphatic imine (C=N–C) groups is 1. The molecule has 0 saturated carbocycles. The van der Waals surface area contributed by atoms with Gasteiger partial charge in [0, 0.05) is 57.8 Å². The van der Waals surface area contributed by atoms with E-state index in [9.17, 15) is 0 Å². The molecule has 2 aliphatic rings. The topological polar surface area (TPSA) is 60.1 Å². The first-order valence-corrected chi connectivity index (χ1v) is 7.67. The largest absolute Gasteiger partial charge is 0.381 e. The molecule has 0 unspecified atom stereocenters. The number of rotatable bonds is 3. The van der Waals surface area contributed by atoms with Gasteiger partial charge in [-0.05, 0) is 0 Å². The first-order chi connectivity index (χ1) is 8.76. The monoisotopic (exact) mass is 401 g/mol. The first kappa shape index (κ1) is 17.3. The van der Waals surface area contributed by atoms with Gasteiger partial charge in [0.05, 0.1) is 12.1 Å². The van der Waals surface area contributed by atoms with Crippen molar-refractivity contribution in [3.8, 4) is 0 Å². The Kier molecular flexibility index (Phi) is 7.78. The van der Waals surface area contributed by atoms with Crippen molar-refractivity contribution in [1.29, 1.82) is 0 Å². The van der Waals surface area contributed by atoms with Crippen molar-refractivity contribution in [2.75, 3.05) is 51.5 Å². The van der Waals surface area contributed by atoms with E-state index in [0.29, 0.717) is 12.5 Å². The van der Waals surface area contributed by atoms with Crippen molar-refractivity contribution in [1.82, 2.24) is 4.90 Å². The van der Waals surface area contributed by atoms with Crippen molar-refractivity contribution in [3.63, 3.8) is 0 Å². The lowest BCUT2D eigenvalue weighted by atomic mass is 9.94. The quantitative estimate of drug-likeness (QED) is 0.437. The van der Waals surface area contributed by atoms with Crippen molar-refractivity contribution >= 4 is 41.7 Å². The number of hydrogen-bond acceptors (Lipinski definition) is 4. The SMILES string of the molecule is COC1(CN=C(N)N2CCSCC2)CCOCC1.I. The second-order valence-corrected chi connectivity index (χ2v) is 6.00. The summed E-state index contributed by atoms with van der Waals surface area (Å²) < 4.78 is 11.0. The Labute approximate surface area is 136 Å². The number of nitrogens with two attached hydrogens (primary N) is 1. The molecule has 2 aliphatic heterocycles. The fourth-order valence-electron chi connectivity index (χ4n) is 2.29. The van der Waals surface area contributed by atoms with Crippen LogP contribution in [0, 0.1) is 0 Å². The Morgan fingerprint density at radius 3 is 2.58 bits per heavy atom. The van der Waals surface area contributed by atoms with E-state index in [2.05, 4.69) is 9.89 Å². The molecule has 2 N–H and O–H groups in total. The summed E-state index contributed by atoms with van der Waals surface area (Å²) >= 11 is 1.97. The maximum atomic E-state index is 6.06. The van der Waals surface area contributed by atoms with E-state index in [1.807, 2.05) is 11.8 Å². The summed E-state index contributed by atoms with van der Waals surface area (Å²) in [6, 6.07) is 0. The average molecular weight is 401 g/mol. The highest BCUT2D eigenvalue weighted by atomic mass is 127. The Balaban J connectivity index is 0.00000180. The Bertz CT molecular complexity index is 293. The van der Waals surface area contributed by atoms with E-state index in [1.54, 1.807) is 7.11 Å². The molecule has 2 rings (SSSR count). The molecule has 0 bridgehead atoms. The Morgan fingerprint density at radius 2 is 2.00 bits per heavy atom. The van der Waals surface area contributed by atoms with Gasteiger partial charge in [-0.15, -0.1) is 24.0 Å². The molecular formula is C12H24IN3O2S. The van der Waals surface area contributed by atoms with Crippen molar-refractivity contribution in [3.05, 3.63) is 0 Å². The predicted octanol–water partition coefficient (Wildman–Crippen LogP) is 1.16. The van der Waals surface area contributed by atoms with E-state index in [0.717, 1.165) is 50.7 Å². The summed E-state index contributed by atoms with van der Waals surface area (Å²) in [5, 5.41) is 0. The number of methoxy groups -OCH3 is 1. The molecule has 2 fully saturated rings. The highest BCUT2D eigenvalue weighted by molar-refractivity contribution is 14.0. The van der Waals surface area contributed by atoms with Gasteiger partial charge < -0.3 is 20.1 Å². The first-order valence-electron chi connectivity index (χ1n) is 6.51. The third-order valence-corrected chi connectivity index (χ3v) is 4.64. The summed E-state index contributed by atoms with van der Waals surface area (Å²) in [6.07, 6.45) is 1.80. The molecule has 2 saturated heterocycles. The molecule has 0 aliphatic carbocycles. The second-order valence-electron chi connectivity index (χ2n) is 4.77. The van der Waals surface area contributed by atoms with Crippen LogP contribution in [0.25, 0.3) is 0 Å². The minimum atomic E-state index is -0.173. The van der Waals surface area contributed by atoms with Gasteiger partial charge >= 0.3 is 0 Å². The molecule has 0 spiro atoms. The van der Waals surface area contributed by atoms with Crippen LogP contribution < -0.4 is 5.73 Å². The number of thioether (sulfide) groups is 1. The number of guanidine groups is 1. The van der Waals surface area contributed by atoms with Gasteiger partial charge in [-0.3, -0.25) is 4.99 Å². The summed E-state index contributed by atoms with van der Waals surface area (Å²) in [7, 11) is 1.76. The van der Waals surface area contributed by atoms with Crippen LogP contribution in [0.1, 0.15) is 12.8 Å². The van der Waals surface area contributed by atoms with E-state index < -0.39 is 0 Å². The summed E-state index contributed by atoms with van der Waals surface area (Å²) in [6.45, 7) is 4.15. The number of ether oxygens (including phenoxy) is 2. The van der Waals surface area contributed by atoms with Gasteiger partial charge in [-0.1, -0.05) is 0 Å². The van der Waals surface area contributed by atoms with Gasteiger partial charge in [0.2, 0.25) is 0 Å². The molecule has 0 aromatic heterocycles. The van der Waals surface area contributed by atoms with E-state index in [4.69, 9.17) is 15.2 Å². The number of halogens is 1.